The van der Waals surface area contributed by atoms with Crippen LogP contribution in [0.4, 0.5) is 26.3 Å². The Bertz CT molecular complexity index is 145. The Balaban J connectivity index is 4.37. The van der Waals surface area contributed by atoms with Gasteiger partial charge in [-0.15, -0.1) is 0 Å². The maximum atomic E-state index is 12.1. The number of halogens is 6. The molecule has 0 aromatic carbocycles. The Kier molecular flexibility index (Phi) is 3.37. The Hall–Kier alpha value is -0.460. The number of alkyl halides is 6. The zero-order chi connectivity index (χ0) is 9.99. The van der Waals surface area contributed by atoms with Gasteiger partial charge in [-0.2, -0.15) is 26.3 Å². The van der Waals surface area contributed by atoms with Crippen molar-refractivity contribution < 1.29 is 31.1 Å². The fourth-order valence-electron chi connectivity index (χ4n) is 0.404. The topological polar surface area (TPSA) is 9.23 Å². The highest BCUT2D eigenvalue weighted by Crippen LogP contribution is 2.38. The van der Waals surface area contributed by atoms with Gasteiger partial charge < -0.3 is 0 Å². The first-order valence-electron chi connectivity index (χ1n) is 2.94. The van der Waals surface area contributed by atoms with Crippen LogP contribution in [0.15, 0.2) is 0 Å². The van der Waals surface area contributed by atoms with E-state index in [1.165, 1.54) is 0 Å². The highest BCUT2D eigenvalue weighted by atomic mass is 19.3. The molecule has 1 nitrogen and oxygen atoms in total. The molecule has 0 bridgehead atoms. The summed E-state index contributed by atoms with van der Waals surface area (Å²) < 4.78 is 73.0. The third-order valence-corrected chi connectivity index (χ3v) is 1.11. The quantitative estimate of drug-likeness (QED) is 0.628. The number of hydrogen-bond donors (Lipinski definition) is 0. The minimum atomic E-state index is -5.12. The van der Waals surface area contributed by atoms with Crippen LogP contribution in [-0.4, -0.2) is 18.6 Å². The highest BCUT2D eigenvalue weighted by Gasteiger charge is 2.57. The second kappa shape index (κ2) is 3.51. The first-order valence-corrected chi connectivity index (χ1v) is 2.94. The lowest BCUT2D eigenvalue weighted by Crippen LogP contribution is -2.43. The van der Waals surface area contributed by atoms with E-state index in [1.54, 1.807) is 0 Å². The van der Waals surface area contributed by atoms with Gasteiger partial charge in [-0.05, 0) is 0 Å². The van der Waals surface area contributed by atoms with Gasteiger partial charge in [0, 0.05) is 6.42 Å². The molecule has 0 atom stereocenters. The molecular formula is C5H6F6O. The molecule has 0 saturated heterocycles. The third kappa shape index (κ3) is 2.54. The Morgan fingerprint density at radius 3 is 1.83 bits per heavy atom. The fourth-order valence-corrected chi connectivity index (χ4v) is 0.404. The van der Waals surface area contributed by atoms with Crippen molar-refractivity contribution in [2.75, 3.05) is 0 Å². The van der Waals surface area contributed by atoms with Crippen molar-refractivity contribution in [1.82, 2.24) is 0 Å². The molecular weight excluding hydrogens is 190 g/mol. The van der Waals surface area contributed by atoms with E-state index in [-0.39, 0.29) is 0 Å². The van der Waals surface area contributed by atoms with Crippen LogP contribution in [-0.2, 0) is 4.74 Å². The summed E-state index contributed by atoms with van der Waals surface area (Å²) in [5.41, 5.74) is 0. The summed E-state index contributed by atoms with van der Waals surface area (Å²) in [5, 5.41) is 0. The van der Waals surface area contributed by atoms with E-state index in [2.05, 4.69) is 4.74 Å². The van der Waals surface area contributed by atoms with Crippen LogP contribution in [0.2, 0.25) is 0 Å². The first kappa shape index (κ1) is 11.5. The maximum absolute atomic E-state index is 12.1. The van der Waals surface area contributed by atoms with E-state index in [1.807, 2.05) is 0 Å². The third-order valence-electron chi connectivity index (χ3n) is 1.11. The van der Waals surface area contributed by atoms with E-state index in [0.29, 0.717) is 0 Å². The summed E-state index contributed by atoms with van der Waals surface area (Å²) in [6.45, 7) is -3.18. The molecule has 0 N–H and O–H groups in total. The van der Waals surface area contributed by atoms with Gasteiger partial charge >= 0.3 is 18.6 Å². The van der Waals surface area contributed by atoms with E-state index in [9.17, 15) is 26.3 Å². The zero-order valence-electron chi connectivity index (χ0n) is 5.96. The van der Waals surface area contributed by atoms with Gasteiger partial charge in [-0.25, -0.2) is 0 Å². The first-order chi connectivity index (χ1) is 5.23. The van der Waals surface area contributed by atoms with Crippen molar-refractivity contribution in [2.24, 2.45) is 0 Å². The average molecular weight is 196 g/mol. The average Bonchev–Trinajstić information content (AvgIpc) is 1.84. The monoisotopic (exact) mass is 196 g/mol. The largest absolute Gasteiger partial charge is 0.423 e. The molecule has 0 aromatic heterocycles. The normalized spacial score (nSPS) is 14.0. The molecule has 0 aliphatic heterocycles. The molecule has 74 valence electrons. The molecule has 0 amide bonds. The lowest BCUT2D eigenvalue weighted by Gasteiger charge is -2.24. The predicted octanol–water partition coefficient (Wildman–Crippen LogP) is 2.86. The SMILES string of the molecule is CCC(F)(F)C(F)(F)OC(F)F. The molecule has 0 aliphatic carbocycles. The summed E-state index contributed by atoms with van der Waals surface area (Å²) in [7, 11) is 0. The zero-order valence-corrected chi connectivity index (χ0v) is 5.96. The molecule has 0 saturated carbocycles. The molecule has 0 heterocycles. The molecule has 0 aliphatic rings. The van der Waals surface area contributed by atoms with Gasteiger partial charge in [0.15, 0.2) is 0 Å². The van der Waals surface area contributed by atoms with E-state index >= 15 is 0 Å². The Morgan fingerprint density at radius 1 is 1.17 bits per heavy atom. The van der Waals surface area contributed by atoms with Crippen molar-refractivity contribution in [2.45, 2.75) is 32.0 Å². The van der Waals surface area contributed by atoms with Gasteiger partial charge in [-0.3, -0.25) is 4.74 Å². The van der Waals surface area contributed by atoms with Crippen LogP contribution in [0, 0.1) is 0 Å². The molecule has 0 aromatic rings. The molecule has 7 heteroatoms. The molecule has 0 spiro atoms. The van der Waals surface area contributed by atoms with Gasteiger partial charge in [-0.1, -0.05) is 6.92 Å². The second-order valence-electron chi connectivity index (χ2n) is 1.95. The summed E-state index contributed by atoms with van der Waals surface area (Å²) in [6.07, 6.45) is -6.39. The van der Waals surface area contributed by atoms with Crippen LogP contribution in [0.3, 0.4) is 0 Å². The van der Waals surface area contributed by atoms with Crippen LogP contribution >= 0.6 is 0 Å². The smallest absolute Gasteiger partial charge is 0.253 e. The van der Waals surface area contributed by atoms with Crippen LogP contribution in [0.5, 0.6) is 0 Å². The molecule has 0 radical (unpaired) electrons. The van der Waals surface area contributed by atoms with Gasteiger partial charge in [0.2, 0.25) is 0 Å². The highest BCUT2D eigenvalue weighted by molar-refractivity contribution is 4.74. The van der Waals surface area contributed by atoms with Gasteiger partial charge in [0.25, 0.3) is 0 Å². The van der Waals surface area contributed by atoms with Crippen LogP contribution < -0.4 is 0 Å². The van der Waals surface area contributed by atoms with Crippen LogP contribution in [0.1, 0.15) is 13.3 Å². The van der Waals surface area contributed by atoms with Crippen molar-refractivity contribution >= 4 is 0 Å². The molecule has 0 fully saturated rings. The van der Waals surface area contributed by atoms with Crippen molar-refractivity contribution in [3.63, 3.8) is 0 Å². The summed E-state index contributed by atoms with van der Waals surface area (Å²) >= 11 is 0. The standard InChI is InChI=1S/C5H6F6O/c1-2-4(8,9)5(10,11)12-3(6)7/h3H,2H2,1H3. The Morgan fingerprint density at radius 2 is 1.58 bits per heavy atom. The van der Waals surface area contributed by atoms with E-state index in [4.69, 9.17) is 0 Å². The van der Waals surface area contributed by atoms with E-state index in [0.717, 1.165) is 6.92 Å². The van der Waals surface area contributed by atoms with Crippen molar-refractivity contribution in [3.05, 3.63) is 0 Å². The molecule has 0 rings (SSSR count). The summed E-state index contributed by atoms with van der Waals surface area (Å²) in [4.78, 5) is 0. The lowest BCUT2D eigenvalue weighted by atomic mass is 10.2. The summed E-state index contributed by atoms with van der Waals surface area (Å²) in [5.74, 6) is -4.57. The second-order valence-corrected chi connectivity index (χ2v) is 1.95. The fraction of sp³-hybridized carbons (Fsp3) is 1.00. The number of hydrogen-bond acceptors (Lipinski definition) is 1. The van der Waals surface area contributed by atoms with Gasteiger partial charge in [0.1, 0.15) is 0 Å². The minimum Gasteiger partial charge on any atom is -0.253 e. The van der Waals surface area contributed by atoms with Crippen molar-refractivity contribution in [1.29, 1.82) is 0 Å². The predicted molar refractivity (Wildman–Crippen MR) is 27.3 cm³/mol. The maximum Gasteiger partial charge on any atom is 0.423 e. The molecule has 0 unspecified atom stereocenters. The minimum absolute atomic E-state index is 0.739. The lowest BCUT2D eigenvalue weighted by molar-refractivity contribution is -0.394. The molecule has 12 heavy (non-hydrogen) atoms. The van der Waals surface area contributed by atoms with Crippen LogP contribution in [0.25, 0.3) is 0 Å². The van der Waals surface area contributed by atoms with Crippen molar-refractivity contribution in [3.8, 4) is 0 Å². The Labute approximate surface area is 64.3 Å². The van der Waals surface area contributed by atoms with Gasteiger partial charge in [0.05, 0.1) is 0 Å². The van der Waals surface area contributed by atoms with E-state index < -0.39 is 25.1 Å². The summed E-state index contributed by atoms with van der Waals surface area (Å²) in [6, 6.07) is 0. The number of ether oxygens (including phenoxy) is 1. The number of rotatable bonds is 4.